The Kier molecular flexibility index (Phi) is 4.74. The van der Waals surface area contributed by atoms with Crippen LogP contribution in [0, 0.1) is 0 Å². The fourth-order valence-corrected chi connectivity index (χ4v) is 2.39. The summed E-state index contributed by atoms with van der Waals surface area (Å²) in [5, 5.41) is 0. The van der Waals surface area contributed by atoms with Crippen molar-refractivity contribution in [2.45, 2.75) is 45.2 Å². The van der Waals surface area contributed by atoms with E-state index in [2.05, 4.69) is 30.8 Å². The normalized spacial score (nSPS) is 25.5. The van der Waals surface area contributed by atoms with Crippen LogP contribution in [-0.4, -0.2) is 54.9 Å². The molecule has 3 nitrogen and oxygen atoms in total. The van der Waals surface area contributed by atoms with Crippen molar-refractivity contribution in [1.29, 1.82) is 0 Å². The summed E-state index contributed by atoms with van der Waals surface area (Å²) in [5.74, 6) is 0.290. The minimum absolute atomic E-state index is 0.290. The molecule has 0 bridgehead atoms. The molecule has 1 heterocycles. The van der Waals surface area contributed by atoms with Gasteiger partial charge in [-0.05, 0) is 47.3 Å². The summed E-state index contributed by atoms with van der Waals surface area (Å²) in [6.45, 7) is 6.18. The van der Waals surface area contributed by atoms with Gasteiger partial charge in [0.25, 0.3) is 0 Å². The van der Waals surface area contributed by atoms with Crippen LogP contribution in [0.25, 0.3) is 0 Å². The molecule has 2 unspecified atom stereocenters. The minimum atomic E-state index is 0.290. The van der Waals surface area contributed by atoms with Gasteiger partial charge in [0.2, 0.25) is 0 Å². The maximum Gasteiger partial charge on any atom is 0.131 e. The van der Waals surface area contributed by atoms with Gasteiger partial charge < -0.3 is 4.90 Å². The number of hydrogen-bond acceptors (Lipinski definition) is 3. The van der Waals surface area contributed by atoms with E-state index in [0.29, 0.717) is 24.3 Å². The lowest BCUT2D eigenvalue weighted by Gasteiger charge is -2.38. The molecule has 0 spiro atoms. The Labute approximate surface area is 93.4 Å². The molecule has 1 aliphatic rings. The lowest BCUT2D eigenvalue weighted by Crippen LogP contribution is -2.48. The van der Waals surface area contributed by atoms with Gasteiger partial charge in [-0.2, -0.15) is 0 Å². The molecule has 0 aromatic heterocycles. The van der Waals surface area contributed by atoms with Crippen LogP contribution >= 0.6 is 0 Å². The third kappa shape index (κ3) is 3.92. The molecule has 0 aliphatic carbocycles. The number of nitrogens with zero attached hydrogens (tertiary/aromatic N) is 2. The summed E-state index contributed by atoms with van der Waals surface area (Å²) < 4.78 is 0. The van der Waals surface area contributed by atoms with Gasteiger partial charge in [0, 0.05) is 25.0 Å². The molecule has 2 atom stereocenters. The first kappa shape index (κ1) is 12.7. The van der Waals surface area contributed by atoms with Crippen LogP contribution in [0.1, 0.15) is 33.1 Å². The zero-order valence-electron chi connectivity index (χ0n) is 10.5. The summed E-state index contributed by atoms with van der Waals surface area (Å²) in [6, 6.07) is 0.997. The van der Waals surface area contributed by atoms with Crippen molar-refractivity contribution in [3.05, 3.63) is 0 Å². The molecule has 0 radical (unpaired) electrons. The molecule has 0 saturated carbocycles. The molecule has 88 valence electrons. The minimum Gasteiger partial charge on any atom is -0.305 e. The molecular weight excluding hydrogens is 188 g/mol. The van der Waals surface area contributed by atoms with E-state index in [1.165, 1.54) is 19.4 Å². The van der Waals surface area contributed by atoms with Crippen molar-refractivity contribution in [3.8, 4) is 0 Å². The van der Waals surface area contributed by atoms with Crippen LogP contribution in [0.15, 0.2) is 0 Å². The van der Waals surface area contributed by atoms with Crippen molar-refractivity contribution >= 4 is 5.78 Å². The molecule has 15 heavy (non-hydrogen) atoms. The average molecular weight is 212 g/mol. The van der Waals surface area contributed by atoms with E-state index in [0.717, 1.165) is 6.54 Å². The second-order valence-corrected chi connectivity index (χ2v) is 4.98. The highest BCUT2D eigenvalue weighted by Gasteiger charge is 2.24. The van der Waals surface area contributed by atoms with Gasteiger partial charge in [0.05, 0.1) is 0 Å². The van der Waals surface area contributed by atoms with E-state index >= 15 is 0 Å². The van der Waals surface area contributed by atoms with Crippen LogP contribution < -0.4 is 0 Å². The number of piperidine rings is 1. The number of carbonyl (C=O) groups is 1. The fourth-order valence-electron chi connectivity index (χ4n) is 2.39. The molecule has 0 amide bonds. The highest BCUT2D eigenvalue weighted by atomic mass is 16.1. The van der Waals surface area contributed by atoms with Crippen LogP contribution in [0.4, 0.5) is 0 Å². The molecule has 0 N–H and O–H groups in total. The van der Waals surface area contributed by atoms with Crippen molar-refractivity contribution in [2.24, 2.45) is 0 Å². The molecule has 1 saturated heterocycles. The summed E-state index contributed by atoms with van der Waals surface area (Å²) in [7, 11) is 4.33. The van der Waals surface area contributed by atoms with Gasteiger partial charge in [-0.25, -0.2) is 0 Å². The summed E-state index contributed by atoms with van der Waals surface area (Å²) >= 11 is 0. The van der Waals surface area contributed by atoms with Gasteiger partial charge >= 0.3 is 0 Å². The predicted molar refractivity (Wildman–Crippen MR) is 63.0 cm³/mol. The second-order valence-electron chi connectivity index (χ2n) is 4.98. The number of ketones is 1. The first-order chi connectivity index (χ1) is 7.00. The summed E-state index contributed by atoms with van der Waals surface area (Å²) in [5.41, 5.74) is 0. The topological polar surface area (TPSA) is 23.6 Å². The number of likely N-dealkylation sites (N-methyl/N-ethyl adjacent to an activating group) is 2. The van der Waals surface area contributed by atoms with Crippen molar-refractivity contribution in [1.82, 2.24) is 9.80 Å². The average Bonchev–Trinajstić information content (AvgIpc) is 2.15. The lowest BCUT2D eigenvalue weighted by atomic mass is 10.0. The Morgan fingerprint density at radius 2 is 2.27 bits per heavy atom. The first-order valence-corrected chi connectivity index (χ1v) is 5.90. The van der Waals surface area contributed by atoms with Crippen LogP contribution in [0.2, 0.25) is 0 Å². The van der Waals surface area contributed by atoms with E-state index in [4.69, 9.17) is 0 Å². The van der Waals surface area contributed by atoms with Crippen LogP contribution in [0.3, 0.4) is 0 Å². The quantitative estimate of drug-likeness (QED) is 0.703. The van der Waals surface area contributed by atoms with Gasteiger partial charge in [0.15, 0.2) is 0 Å². The lowest BCUT2D eigenvalue weighted by molar-refractivity contribution is -0.118. The maximum absolute atomic E-state index is 11.1. The van der Waals surface area contributed by atoms with E-state index in [1.807, 2.05) is 0 Å². The first-order valence-electron chi connectivity index (χ1n) is 5.90. The van der Waals surface area contributed by atoms with Gasteiger partial charge in [-0.15, -0.1) is 0 Å². The predicted octanol–water partition coefficient (Wildman–Crippen LogP) is 1.38. The Balaban J connectivity index is 2.43. The molecule has 1 fully saturated rings. The fraction of sp³-hybridized carbons (Fsp3) is 0.917. The van der Waals surface area contributed by atoms with E-state index in [1.54, 1.807) is 6.92 Å². The number of Topliss-reactive ketones (excluding diaryl/α,β-unsaturated/α-hetero) is 1. The maximum atomic E-state index is 11.1. The van der Waals surface area contributed by atoms with Gasteiger partial charge in [-0.1, -0.05) is 0 Å². The summed E-state index contributed by atoms with van der Waals surface area (Å²) in [4.78, 5) is 15.8. The Morgan fingerprint density at radius 3 is 2.80 bits per heavy atom. The molecule has 1 aliphatic heterocycles. The second kappa shape index (κ2) is 5.61. The highest BCUT2D eigenvalue weighted by molar-refractivity contribution is 5.76. The van der Waals surface area contributed by atoms with E-state index < -0.39 is 0 Å². The Morgan fingerprint density at radius 1 is 1.60 bits per heavy atom. The molecule has 0 aromatic rings. The van der Waals surface area contributed by atoms with Gasteiger partial charge in [0.1, 0.15) is 5.78 Å². The van der Waals surface area contributed by atoms with E-state index in [-0.39, 0.29) is 0 Å². The number of rotatable bonds is 4. The Hall–Kier alpha value is -0.410. The largest absolute Gasteiger partial charge is 0.305 e. The monoisotopic (exact) mass is 212 g/mol. The van der Waals surface area contributed by atoms with Gasteiger partial charge in [-0.3, -0.25) is 9.69 Å². The number of likely N-dealkylation sites (tertiary alicyclic amines) is 1. The SMILES string of the molecule is CC(=O)CC(C)N(C)C1CCCN(C)C1. The van der Waals surface area contributed by atoms with Crippen LogP contribution in [-0.2, 0) is 4.79 Å². The standard InChI is InChI=1S/C12H24N2O/c1-10(8-11(2)15)14(4)12-6-5-7-13(3)9-12/h10,12H,5-9H2,1-4H3. The molecule has 1 rings (SSSR count). The summed E-state index contributed by atoms with van der Waals surface area (Å²) in [6.07, 6.45) is 3.22. The zero-order valence-corrected chi connectivity index (χ0v) is 10.5. The van der Waals surface area contributed by atoms with E-state index in [9.17, 15) is 4.79 Å². The molecular formula is C12H24N2O. The van der Waals surface area contributed by atoms with Crippen LogP contribution in [0.5, 0.6) is 0 Å². The Bertz CT molecular complexity index is 218. The number of hydrogen-bond donors (Lipinski definition) is 0. The van der Waals surface area contributed by atoms with Crippen molar-refractivity contribution in [2.75, 3.05) is 27.2 Å². The third-order valence-electron chi connectivity index (χ3n) is 3.45. The molecule has 3 heteroatoms. The molecule has 0 aromatic carbocycles. The third-order valence-corrected chi connectivity index (χ3v) is 3.45. The van der Waals surface area contributed by atoms with Crippen molar-refractivity contribution in [3.63, 3.8) is 0 Å². The highest BCUT2D eigenvalue weighted by Crippen LogP contribution is 2.16. The zero-order chi connectivity index (χ0) is 11.4. The van der Waals surface area contributed by atoms with Crippen molar-refractivity contribution < 1.29 is 4.79 Å². The smallest absolute Gasteiger partial charge is 0.131 e. The number of carbonyl (C=O) groups excluding carboxylic acids is 1.